The Kier molecular flexibility index (Phi) is 5.81. The van der Waals surface area contributed by atoms with E-state index < -0.39 is 0 Å². The van der Waals surface area contributed by atoms with Crippen molar-refractivity contribution in [1.82, 2.24) is 15.3 Å². The third-order valence-electron chi connectivity index (χ3n) is 4.26. The number of rotatable bonds is 6. The van der Waals surface area contributed by atoms with E-state index in [4.69, 9.17) is 0 Å². The van der Waals surface area contributed by atoms with Crippen LogP contribution >= 0.6 is 0 Å². The monoisotopic (exact) mass is 360 g/mol. The summed E-state index contributed by atoms with van der Waals surface area (Å²) in [5.41, 5.74) is 3.65. The Bertz CT molecular complexity index is 925. The van der Waals surface area contributed by atoms with E-state index in [1.54, 1.807) is 6.07 Å². The molecule has 1 heterocycles. The lowest BCUT2D eigenvalue weighted by atomic mass is 10.2. The van der Waals surface area contributed by atoms with Crippen LogP contribution < -0.4 is 10.2 Å². The van der Waals surface area contributed by atoms with E-state index in [9.17, 15) is 4.79 Å². The van der Waals surface area contributed by atoms with Crippen molar-refractivity contribution in [2.24, 2.45) is 0 Å². The van der Waals surface area contributed by atoms with Gasteiger partial charge in [-0.05, 0) is 44.0 Å². The highest BCUT2D eigenvalue weighted by Gasteiger charge is 2.15. The predicted octanol–water partition coefficient (Wildman–Crippen LogP) is 4.18. The molecular weight excluding hydrogens is 336 g/mol. The molecule has 0 aliphatic carbocycles. The maximum absolute atomic E-state index is 12.6. The zero-order valence-corrected chi connectivity index (χ0v) is 15.9. The Balaban J connectivity index is 1.83. The zero-order valence-electron chi connectivity index (χ0n) is 15.9. The molecule has 0 aliphatic heterocycles. The highest BCUT2D eigenvalue weighted by atomic mass is 16.1. The minimum absolute atomic E-state index is 0.203. The molecule has 0 radical (unpaired) electrons. The second-order valence-corrected chi connectivity index (χ2v) is 6.41. The number of carbonyl (C=O) groups is 1. The molecule has 0 saturated heterocycles. The number of amides is 1. The standard InChI is InChI=1S/C22H24N4O/c1-4-26(19-12-8-9-16(2)13-19)21-14-20(24-17(3)25-21)22(27)23-15-18-10-6-5-7-11-18/h5-14H,4,15H2,1-3H3,(H,23,27). The van der Waals surface area contributed by atoms with Gasteiger partial charge in [-0.1, -0.05) is 42.5 Å². The Labute approximate surface area is 160 Å². The molecule has 27 heavy (non-hydrogen) atoms. The average molecular weight is 360 g/mol. The number of carbonyl (C=O) groups excluding carboxylic acids is 1. The van der Waals surface area contributed by atoms with Crippen LogP contribution in [0, 0.1) is 13.8 Å². The lowest BCUT2D eigenvalue weighted by molar-refractivity contribution is 0.0945. The zero-order chi connectivity index (χ0) is 19.2. The van der Waals surface area contributed by atoms with Gasteiger partial charge < -0.3 is 10.2 Å². The number of aryl methyl sites for hydroxylation is 2. The summed E-state index contributed by atoms with van der Waals surface area (Å²) in [5.74, 6) is 1.09. The molecule has 1 amide bonds. The normalized spacial score (nSPS) is 10.5. The molecule has 5 heteroatoms. The van der Waals surface area contributed by atoms with E-state index in [0.717, 1.165) is 23.6 Å². The van der Waals surface area contributed by atoms with Gasteiger partial charge in [0, 0.05) is 24.8 Å². The van der Waals surface area contributed by atoms with E-state index in [1.807, 2.05) is 49.4 Å². The molecule has 0 saturated carbocycles. The second-order valence-electron chi connectivity index (χ2n) is 6.41. The number of benzene rings is 2. The van der Waals surface area contributed by atoms with Gasteiger partial charge in [0.15, 0.2) is 0 Å². The molecule has 2 aromatic carbocycles. The average Bonchev–Trinajstić information content (AvgIpc) is 2.67. The molecule has 1 N–H and O–H groups in total. The number of nitrogens with one attached hydrogen (secondary N) is 1. The van der Waals surface area contributed by atoms with Crippen molar-refractivity contribution in [2.45, 2.75) is 27.3 Å². The van der Waals surface area contributed by atoms with Gasteiger partial charge in [-0.2, -0.15) is 0 Å². The molecule has 0 aliphatic rings. The largest absolute Gasteiger partial charge is 0.347 e. The molecule has 5 nitrogen and oxygen atoms in total. The van der Waals surface area contributed by atoms with E-state index in [1.165, 1.54) is 5.56 Å². The number of nitrogens with zero attached hydrogens (tertiary/aromatic N) is 3. The summed E-state index contributed by atoms with van der Waals surface area (Å²) in [4.78, 5) is 23.6. The molecule has 0 atom stereocenters. The van der Waals surface area contributed by atoms with Crippen LogP contribution in [0.1, 0.15) is 34.4 Å². The maximum atomic E-state index is 12.6. The second kappa shape index (κ2) is 8.45. The van der Waals surface area contributed by atoms with Gasteiger partial charge in [-0.3, -0.25) is 4.79 Å². The van der Waals surface area contributed by atoms with Crippen molar-refractivity contribution < 1.29 is 4.79 Å². The smallest absolute Gasteiger partial charge is 0.270 e. The third kappa shape index (κ3) is 4.70. The summed E-state index contributed by atoms with van der Waals surface area (Å²) in [6.45, 7) is 7.14. The molecular formula is C22H24N4O. The van der Waals surface area contributed by atoms with Crippen LogP contribution in [-0.2, 0) is 6.54 Å². The third-order valence-corrected chi connectivity index (χ3v) is 4.26. The fourth-order valence-corrected chi connectivity index (χ4v) is 2.95. The van der Waals surface area contributed by atoms with Crippen LogP contribution in [0.3, 0.4) is 0 Å². The van der Waals surface area contributed by atoms with Gasteiger partial charge in [0.2, 0.25) is 0 Å². The van der Waals surface area contributed by atoms with Crippen molar-refractivity contribution in [1.29, 1.82) is 0 Å². The van der Waals surface area contributed by atoms with Gasteiger partial charge in [0.05, 0.1) is 0 Å². The first kappa shape index (κ1) is 18.6. The van der Waals surface area contributed by atoms with Gasteiger partial charge in [-0.15, -0.1) is 0 Å². The molecule has 0 spiro atoms. The van der Waals surface area contributed by atoms with Crippen LogP contribution in [0.4, 0.5) is 11.5 Å². The lowest BCUT2D eigenvalue weighted by Gasteiger charge is -2.23. The Morgan fingerprint density at radius 2 is 1.78 bits per heavy atom. The van der Waals surface area contributed by atoms with Crippen molar-refractivity contribution in [3.63, 3.8) is 0 Å². The predicted molar refractivity (Wildman–Crippen MR) is 108 cm³/mol. The lowest BCUT2D eigenvalue weighted by Crippen LogP contribution is -2.25. The highest BCUT2D eigenvalue weighted by Crippen LogP contribution is 2.24. The topological polar surface area (TPSA) is 58.1 Å². The van der Waals surface area contributed by atoms with Crippen molar-refractivity contribution in [3.8, 4) is 0 Å². The number of aromatic nitrogens is 2. The summed E-state index contributed by atoms with van der Waals surface area (Å²) in [6.07, 6.45) is 0. The first-order chi connectivity index (χ1) is 13.1. The van der Waals surface area contributed by atoms with E-state index >= 15 is 0 Å². The van der Waals surface area contributed by atoms with E-state index in [2.05, 4.69) is 46.2 Å². The summed E-state index contributed by atoms with van der Waals surface area (Å²) >= 11 is 0. The molecule has 1 aromatic heterocycles. The molecule has 3 rings (SSSR count). The van der Waals surface area contributed by atoms with Crippen molar-refractivity contribution in [2.75, 3.05) is 11.4 Å². The number of hydrogen-bond donors (Lipinski definition) is 1. The molecule has 0 unspecified atom stereocenters. The number of hydrogen-bond acceptors (Lipinski definition) is 4. The van der Waals surface area contributed by atoms with Crippen LogP contribution in [-0.4, -0.2) is 22.4 Å². The van der Waals surface area contributed by atoms with Gasteiger partial charge >= 0.3 is 0 Å². The minimum atomic E-state index is -0.203. The van der Waals surface area contributed by atoms with Crippen LogP contribution in [0.25, 0.3) is 0 Å². The Morgan fingerprint density at radius 3 is 2.48 bits per heavy atom. The van der Waals surface area contributed by atoms with E-state index in [-0.39, 0.29) is 5.91 Å². The first-order valence-electron chi connectivity index (χ1n) is 9.09. The molecule has 0 fully saturated rings. The minimum Gasteiger partial charge on any atom is -0.347 e. The molecule has 0 bridgehead atoms. The first-order valence-corrected chi connectivity index (χ1v) is 9.09. The van der Waals surface area contributed by atoms with Crippen LogP contribution in [0.5, 0.6) is 0 Å². The highest BCUT2D eigenvalue weighted by molar-refractivity contribution is 5.93. The molecule has 138 valence electrons. The Morgan fingerprint density at radius 1 is 1.00 bits per heavy atom. The van der Waals surface area contributed by atoms with Gasteiger partial charge in [-0.25, -0.2) is 9.97 Å². The van der Waals surface area contributed by atoms with Gasteiger partial charge in [0.1, 0.15) is 17.3 Å². The Hall–Kier alpha value is -3.21. The SMILES string of the molecule is CCN(c1cccc(C)c1)c1cc(C(=O)NCc2ccccc2)nc(C)n1. The quantitative estimate of drug-likeness (QED) is 0.716. The number of anilines is 2. The van der Waals surface area contributed by atoms with Crippen LogP contribution in [0.15, 0.2) is 60.7 Å². The summed E-state index contributed by atoms with van der Waals surface area (Å²) < 4.78 is 0. The summed E-state index contributed by atoms with van der Waals surface area (Å²) in [6, 6.07) is 19.8. The van der Waals surface area contributed by atoms with Crippen molar-refractivity contribution >= 4 is 17.4 Å². The summed E-state index contributed by atoms with van der Waals surface area (Å²) in [5, 5.41) is 2.93. The molecule has 3 aromatic rings. The fraction of sp³-hybridized carbons (Fsp3) is 0.227. The summed E-state index contributed by atoms with van der Waals surface area (Å²) in [7, 11) is 0. The van der Waals surface area contributed by atoms with Crippen molar-refractivity contribution in [3.05, 3.63) is 83.3 Å². The van der Waals surface area contributed by atoms with E-state index in [0.29, 0.717) is 18.1 Å². The maximum Gasteiger partial charge on any atom is 0.270 e. The van der Waals surface area contributed by atoms with Crippen LogP contribution in [0.2, 0.25) is 0 Å². The van der Waals surface area contributed by atoms with Gasteiger partial charge in [0.25, 0.3) is 5.91 Å². The fourth-order valence-electron chi connectivity index (χ4n) is 2.95.